The third-order valence-corrected chi connectivity index (χ3v) is 1.16. The van der Waals surface area contributed by atoms with Crippen LogP contribution in [0.5, 0.6) is 0 Å². The molecule has 3 nitrogen and oxygen atoms in total. The van der Waals surface area contributed by atoms with E-state index in [1.807, 2.05) is 6.92 Å². The molecule has 0 aromatic rings. The number of hydrogen-bond acceptors (Lipinski definition) is 1. The molecule has 0 saturated carbocycles. The van der Waals surface area contributed by atoms with Crippen LogP contribution in [0.2, 0.25) is 0 Å². The van der Waals surface area contributed by atoms with Crippen LogP contribution >= 0.6 is 0 Å². The Morgan fingerprint density at radius 3 is 2.80 bits per heavy atom. The molecular formula is C7H12N2O. The summed E-state index contributed by atoms with van der Waals surface area (Å²) in [5.74, 6) is 2.32. The van der Waals surface area contributed by atoms with Crippen molar-refractivity contribution in [1.29, 1.82) is 0 Å². The van der Waals surface area contributed by atoms with E-state index in [4.69, 9.17) is 6.42 Å². The van der Waals surface area contributed by atoms with Gasteiger partial charge in [0.05, 0.1) is 6.54 Å². The molecule has 0 fully saturated rings. The van der Waals surface area contributed by atoms with E-state index in [0.717, 1.165) is 0 Å². The smallest absolute Gasteiger partial charge is 0.317 e. The highest BCUT2D eigenvalue weighted by atomic mass is 16.2. The molecule has 0 atom stereocenters. The van der Waals surface area contributed by atoms with Gasteiger partial charge in [-0.25, -0.2) is 4.79 Å². The summed E-state index contributed by atoms with van der Waals surface area (Å²) in [5.41, 5.74) is 0. The highest BCUT2D eigenvalue weighted by molar-refractivity contribution is 5.73. The second-order valence-electron chi connectivity index (χ2n) is 1.88. The molecule has 0 spiro atoms. The Bertz CT molecular complexity index is 148. The molecule has 0 bridgehead atoms. The monoisotopic (exact) mass is 140 g/mol. The largest absolute Gasteiger partial charge is 0.328 e. The highest BCUT2D eigenvalue weighted by Crippen LogP contribution is 1.80. The van der Waals surface area contributed by atoms with Crippen molar-refractivity contribution in [3.05, 3.63) is 0 Å². The number of hydrogen-bond donors (Lipinski definition) is 1. The Labute approximate surface area is 61.4 Å². The average molecular weight is 140 g/mol. The molecule has 0 aromatic carbocycles. The lowest BCUT2D eigenvalue weighted by atomic mass is 10.6. The normalized spacial score (nSPS) is 8.10. The SMILES string of the molecule is C#CCNC(=O)N(C)CC. The standard InChI is InChI=1S/C7H12N2O/c1-4-6-8-7(10)9(3)5-2/h1H,5-6H2,2-3H3,(H,8,10). The number of amides is 2. The molecule has 0 rings (SSSR count). The van der Waals surface area contributed by atoms with E-state index in [0.29, 0.717) is 13.1 Å². The molecule has 0 aliphatic heterocycles. The van der Waals surface area contributed by atoms with Crippen molar-refractivity contribution >= 4 is 6.03 Å². The predicted molar refractivity (Wildman–Crippen MR) is 40.5 cm³/mol. The van der Waals surface area contributed by atoms with Crippen molar-refractivity contribution in [2.75, 3.05) is 20.1 Å². The van der Waals surface area contributed by atoms with Gasteiger partial charge in [0.1, 0.15) is 0 Å². The molecule has 1 N–H and O–H groups in total. The minimum atomic E-state index is -0.125. The lowest BCUT2D eigenvalue weighted by molar-refractivity contribution is 0.212. The first-order chi connectivity index (χ1) is 4.72. The second kappa shape index (κ2) is 4.68. The first-order valence-electron chi connectivity index (χ1n) is 3.14. The van der Waals surface area contributed by atoms with Crippen molar-refractivity contribution in [2.24, 2.45) is 0 Å². The van der Waals surface area contributed by atoms with Crippen LogP contribution in [0.15, 0.2) is 0 Å². The van der Waals surface area contributed by atoms with Gasteiger partial charge in [0.2, 0.25) is 0 Å². The maximum Gasteiger partial charge on any atom is 0.317 e. The Balaban J connectivity index is 3.54. The fraction of sp³-hybridized carbons (Fsp3) is 0.571. The summed E-state index contributed by atoms with van der Waals surface area (Å²) < 4.78 is 0. The first-order valence-corrected chi connectivity index (χ1v) is 3.14. The van der Waals surface area contributed by atoms with Gasteiger partial charge >= 0.3 is 6.03 Å². The Kier molecular flexibility index (Phi) is 4.14. The maximum absolute atomic E-state index is 10.9. The first kappa shape index (κ1) is 8.83. The third-order valence-electron chi connectivity index (χ3n) is 1.16. The molecule has 0 aliphatic rings. The topological polar surface area (TPSA) is 32.3 Å². The number of carbonyl (C=O) groups is 1. The van der Waals surface area contributed by atoms with Gasteiger partial charge < -0.3 is 10.2 Å². The summed E-state index contributed by atoms with van der Waals surface area (Å²) in [4.78, 5) is 12.4. The number of nitrogens with one attached hydrogen (secondary N) is 1. The Morgan fingerprint density at radius 2 is 2.40 bits per heavy atom. The fourth-order valence-electron chi connectivity index (χ4n) is 0.405. The summed E-state index contributed by atoms with van der Waals surface area (Å²) in [5, 5.41) is 2.53. The second-order valence-corrected chi connectivity index (χ2v) is 1.88. The molecule has 0 aromatic heterocycles. The van der Waals surface area contributed by atoms with Crippen molar-refractivity contribution in [1.82, 2.24) is 10.2 Å². The molecule has 0 heterocycles. The summed E-state index contributed by atoms with van der Waals surface area (Å²) in [6, 6.07) is -0.125. The summed E-state index contributed by atoms with van der Waals surface area (Å²) in [7, 11) is 1.71. The van der Waals surface area contributed by atoms with E-state index in [2.05, 4.69) is 11.2 Å². The zero-order chi connectivity index (χ0) is 7.98. The molecule has 0 radical (unpaired) electrons. The van der Waals surface area contributed by atoms with E-state index >= 15 is 0 Å². The van der Waals surface area contributed by atoms with E-state index in [1.165, 1.54) is 0 Å². The van der Waals surface area contributed by atoms with Gasteiger partial charge in [0.15, 0.2) is 0 Å². The van der Waals surface area contributed by atoms with Gasteiger partial charge in [-0.3, -0.25) is 0 Å². The van der Waals surface area contributed by atoms with Crippen molar-refractivity contribution in [3.63, 3.8) is 0 Å². The number of nitrogens with zero attached hydrogens (tertiary/aromatic N) is 1. The molecule has 3 heteroatoms. The molecule has 0 saturated heterocycles. The van der Waals surface area contributed by atoms with E-state index in [9.17, 15) is 4.79 Å². The van der Waals surface area contributed by atoms with E-state index in [-0.39, 0.29) is 6.03 Å². The quantitative estimate of drug-likeness (QED) is 0.549. The van der Waals surface area contributed by atoms with Gasteiger partial charge in [-0.15, -0.1) is 6.42 Å². The fourth-order valence-corrected chi connectivity index (χ4v) is 0.405. The van der Waals surface area contributed by atoms with E-state index < -0.39 is 0 Å². The lowest BCUT2D eigenvalue weighted by Gasteiger charge is -2.13. The summed E-state index contributed by atoms with van der Waals surface area (Å²) in [6.45, 7) is 2.88. The molecule has 0 unspecified atom stereocenters. The average Bonchev–Trinajstić information content (AvgIpc) is 1.98. The van der Waals surface area contributed by atoms with Gasteiger partial charge in [-0.05, 0) is 6.92 Å². The summed E-state index contributed by atoms with van der Waals surface area (Å²) in [6.07, 6.45) is 4.94. The number of urea groups is 1. The minimum absolute atomic E-state index is 0.125. The van der Waals surface area contributed by atoms with Crippen LogP contribution in [-0.2, 0) is 0 Å². The van der Waals surface area contributed by atoms with Crippen LogP contribution in [0.4, 0.5) is 4.79 Å². The van der Waals surface area contributed by atoms with Gasteiger partial charge in [-0.1, -0.05) is 5.92 Å². The van der Waals surface area contributed by atoms with Crippen LogP contribution in [-0.4, -0.2) is 31.1 Å². The Morgan fingerprint density at radius 1 is 1.80 bits per heavy atom. The van der Waals surface area contributed by atoms with Crippen LogP contribution < -0.4 is 5.32 Å². The van der Waals surface area contributed by atoms with Crippen LogP contribution in [0, 0.1) is 12.3 Å². The number of rotatable bonds is 2. The molecule has 56 valence electrons. The minimum Gasteiger partial charge on any atom is -0.328 e. The van der Waals surface area contributed by atoms with Crippen LogP contribution in [0.1, 0.15) is 6.92 Å². The van der Waals surface area contributed by atoms with E-state index in [1.54, 1.807) is 11.9 Å². The lowest BCUT2D eigenvalue weighted by Crippen LogP contribution is -2.37. The predicted octanol–water partition coefficient (Wildman–Crippen LogP) is 0.281. The van der Waals surface area contributed by atoms with Gasteiger partial charge in [0, 0.05) is 13.6 Å². The molecular weight excluding hydrogens is 128 g/mol. The zero-order valence-electron chi connectivity index (χ0n) is 6.35. The van der Waals surface area contributed by atoms with Crippen molar-refractivity contribution < 1.29 is 4.79 Å². The number of terminal acetylenes is 1. The highest BCUT2D eigenvalue weighted by Gasteiger charge is 2.01. The van der Waals surface area contributed by atoms with Crippen molar-refractivity contribution in [2.45, 2.75) is 6.92 Å². The zero-order valence-corrected chi connectivity index (χ0v) is 6.35. The van der Waals surface area contributed by atoms with Crippen LogP contribution in [0.25, 0.3) is 0 Å². The van der Waals surface area contributed by atoms with Crippen molar-refractivity contribution in [3.8, 4) is 12.3 Å². The van der Waals surface area contributed by atoms with Gasteiger partial charge in [-0.2, -0.15) is 0 Å². The third kappa shape index (κ3) is 2.98. The molecule has 2 amide bonds. The molecule has 0 aliphatic carbocycles. The van der Waals surface area contributed by atoms with Gasteiger partial charge in [0.25, 0.3) is 0 Å². The maximum atomic E-state index is 10.9. The number of carbonyl (C=O) groups excluding carboxylic acids is 1. The Hall–Kier alpha value is -1.17. The summed E-state index contributed by atoms with van der Waals surface area (Å²) >= 11 is 0. The molecule has 10 heavy (non-hydrogen) atoms. The van der Waals surface area contributed by atoms with Crippen LogP contribution in [0.3, 0.4) is 0 Å².